The second-order valence-corrected chi connectivity index (χ2v) is 4.55. The van der Waals surface area contributed by atoms with E-state index in [1.165, 1.54) is 0 Å². The number of hydrogen-bond acceptors (Lipinski definition) is 4. The van der Waals surface area contributed by atoms with Crippen LogP contribution in [0.5, 0.6) is 0 Å². The SMILES string of the molecule is CCN(CC(=O)O)C(=O)c1cc(F)cc([N+](=O)[O-])c1Br. The third kappa shape index (κ3) is 3.50. The quantitative estimate of drug-likeness (QED) is 0.648. The molecule has 1 aromatic rings. The molecule has 0 radical (unpaired) electrons. The number of nitrogens with zero attached hydrogens (tertiary/aromatic N) is 2. The van der Waals surface area contributed by atoms with E-state index in [9.17, 15) is 24.1 Å². The molecular weight excluding hydrogens is 339 g/mol. The number of hydrogen-bond donors (Lipinski definition) is 1. The summed E-state index contributed by atoms with van der Waals surface area (Å²) in [5, 5.41) is 19.4. The third-order valence-corrected chi connectivity index (χ3v) is 3.27. The molecule has 20 heavy (non-hydrogen) atoms. The van der Waals surface area contributed by atoms with Gasteiger partial charge in [-0.2, -0.15) is 0 Å². The Balaban J connectivity index is 3.28. The summed E-state index contributed by atoms with van der Waals surface area (Å²) in [4.78, 5) is 33.6. The summed E-state index contributed by atoms with van der Waals surface area (Å²) in [6, 6.07) is 1.50. The molecule has 0 saturated carbocycles. The molecule has 108 valence electrons. The topological polar surface area (TPSA) is 101 Å². The fourth-order valence-electron chi connectivity index (χ4n) is 1.52. The Hall–Kier alpha value is -2.03. The number of aliphatic carboxylic acids is 1. The summed E-state index contributed by atoms with van der Waals surface area (Å²) in [5.41, 5.74) is -0.889. The van der Waals surface area contributed by atoms with Crippen LogP contribution in [-0.4, -0.2) is 39.9 Å². The first-order chi connectivity index (χ1) is 9.27. The molecule has 0 heterocycles. The molecule has 9 heteroatoms. The Morgan fingerprint density at radius 1 is 1.50 bits per heavy atom. The number of carbonyl (C=O) groups is 2. The number of nitro benzene ring substituents is 1. The van der Waals surface area contributed by atoms with Gasteiger partial charge in [-0.3, -0.25) is 19.7 Å². The zero-order valence-corrected chi connectivity index (χ0v) is 11.9. The molecule has 0 atom stereocenters. The maximum Gasteiger partial charge on any atom is 0.323 e. The summed E-state index contributed by atoms with van der Waals surface area (Å²) in [7, 11) is 0. The molecule has 0 saturated heterocycles. The average molecular weight is 349 g/mol. The van der Waals surface area contributed by atoms with E-state index in [4.69, 9.17) is 5.11 Å². The fourth-order valence-corrected chi connectivity index (χ4v) is 2.07. The number of amides is 1. The van der Waals surface area contributed by atoms with E-state index in [0.29, 0.717) is 6.07 Å². The van der Waals surface area contributed by atoms with Gasteiger partial charge in [0.2, 0.25) is 0 Å². The van der Waals surface area contributed by atoms with Crippen molar-refractivity contribution in [2.45, 2.75) is 6.92 Å². The highest BCUT2D eigenvalue weighted by Gasteiger charge is 2.25. The molecule has 0 aliphatic carbocycles. The van der Waals surface area contributed by atoms with E-state index in [2.05, 4.69) is 15.9 Å². The normalized spacial score (nSPS) is 10.2. The Kier molecular flexibility index (Phi) is 5.14. The molecule has 0 aliphatic heterocycles. The number of carbonyl (C=O) groups excluding carboxylic acids is 1. The lowest BCUT2D eigenvalue weighted by Gasteiger charge is -2.19. The van der Waals surface area contributed by atoms with Crippen LogP contribution in [-0.2, 0) is 4.79 Å². The highest BCUT2D eigenvalue weighted by Crippen LogP contribution is 2.30. The van der Waals surface area contributed by atoms with Gasteiger partial charge in [0, 0.05) is 6.54 Å². The lowest BCUT2D eigenvalue weighted by Crippen LogP contribution is -2.35. The Bertz CT molecular complexity index is 578. The second kappa shape index (κ2) is 6.42. The standard InChI is InChI=1S/C11H10BrFN2O5/c1-2-14(5-9(16)17)11(18)7-3-6(13)4-8(10(7)12)15(19)20/h3-4H,2,5H2,1H3,(H,16,17). The Labute approximate surface area is 121 Å². The predicted octanol–water partition coefficient (Wildman–Crippen LogP) is 2.04. The van der Waals surface area contributed by atoms with Crippen LogP contribution in [0.15, 0.2) is 16.6 Å². The molecule has 0 bridgehead atoms. The Morgan fingerprint density at radius 2 is 2.10 bits per heavy atom. The number of benzene rings is 1. The number of likely N-dealkylation sites (N-methyl/N-ethyl adjacent to an activating group) is 1. The monoisotopic (exact) mass is 348 g/mol. The van der Waals surface area contributed by atoms with Crippen LogP contribution in [0.1, 0.15) is 17.3 Å². The second-order valence-electron chi connectivity index (χ2n) is 3.76. The number of carboxylic acids is 1. The summed E-state index contributed by atoms with van der Waals surface area (Å²) in [6.07, 6.45) is 0. The molecule has 0 aromatic heterocycles. The summed E-state index contributed by atoms with van der Waals surface area (Å²) < 4.78 is 13.2. The first-order valence-electron chi connectivity index (χ1n) is 5.42. The Morgan fingerprint density at radius 3 is 2.55 bits per heavy atom. The van der Waals surface area contributed by atoms with Crippen molar-refractivity contribution >= 4 is 33.5 Å². The van der Waals surface area contributed by atoms with Crippen molar-refractivity contribution in [1.29, 1.82) is 0 Å². The van der Waals surface area contributed by atoms with Crippen LogP contribution < -0.4 is 0 Å². The van der Waals surface area contributed by atoms with Crippen molar-refractivity contribution in [2.24, 2.45) is 0 Å². The van der Waals surface area contributed by atoms with Crippen molar-refractivity contribution in [3.05, 3.63) is 38.1 Å². The zero-order valence-electron chi connectivity index (χ0n) is 10.3. The van der Waals surface area contributed by atoms with Crippen LogP contribution in [0.3, 0.4) is 0 Å². The minimum atomic E-state index is -1.23. The molecule has 1 rings (SSSR count). The van der Waals surface area contributed by atoms with Gasteiger partial charge in [0.05, 0.1) is 16.6 Å². The summed E-state index contributed by atoms with van der Waals surface area (Å²) in [6.45, 7) is 1.04. The number of rotatable bonds is 5. The molecular formula is C11H10BrFN2O5. The van der Waals surface area contributed by atoms with Gasteiger partial charge in [-0.05, 0) is 28.9 Å². The van der Waals surface area contributed by atoms with Crippen LogP contribution >= 0.6 is 15.9 Å². The van der Waals surface area contributed by atoms with Gasteiger partial charge >= 0.3 is 5.97 Å². The van der Waals surface area contributed by atoms with Crippen LogP contribution in [0.25, 0.3) is 0 Å². The van der Waals surface area contributed by atoms with E-state index < -0.39 is 34.8 Å². The molecule has 1 N–H and O–H groups in total. The van der Waals surface area contributed by atoms with Gasteiger partial charge in [0.1, 0.15) is 16.8 Å². The van der Waals surface area contributed by atoms with Crippen molar-refractivity contribution in [3.8, 4) is 0 Å². The van der Waals surface area contributed by atoms with Crippen molar-refractivity contribution in [1.82, 2.24) is 4.90 Å². The van der Waals surface area contributed by atoms with E-state index in [1.807, 2.05) is 0 Å². The summed E-state index contributed by atoms with van der Waals surface area (Å²) >= 11 is 2.88. The zero-order chi connectivity index (χ0) is 15.4. The van der Waals surface area contributed by atoms with Crippen LogP contribution in [0.4, 0.5) is 10.1 Å². The molecule has 0 aliphatic rings. The lowest BCUT2D eigenvalue weighted by atomic mass is 10.1. The van der Waals surface area contributed by atoms with Crippen LogP contribution in [0, 0.1) is 15.9 Å². The largest absolute Gasteiger partial charge is 0.480 e. The van der Waals surface area contributed by atoms with Crippen LogP contribution in [0.2, 0.25) is 0 Å². The van der Waals surface area contributed by atoms with Gasteiger partial charge in [0.25, 0.3) is 11.6 Å². The van der Waals surface area contributed by atoms with Crippen molar-refractivity contribution < 1.29 is 24.0 Å². The fraction of sp³-hybridized carbons (Fsp3) is 0.273. The van der Waals surface area contributed by atoms with Crippen molar-refractivity contribution in [2.75, 3.05) is 13.1 Å². The van der Waals surface area contributed by atoms with Gasteiger partial charge in [-0.25, -0.2) is 4.39 Å². The summed E-state index contributed by atoms with van der Waals surface area (Å²) in [5.74, 6) is -2.98. The van der Waals surface area contributed by atoms with E-state index in [-0.39, 0.29) is 16.6 Å². The minimum absolute atomic E-state index is 0.0713. The highest BCUT2D eigenvalue weighted by atomic mass is 79.9. The molecule has 0 fully saturated rings. The molecule has 0 spiro atoms. The van der Waals surface area contributed by atoms with E-state index in [0.717, 1.165) is 11.0 Å². The highest BCUT2D eigenvalue weighted by molar-refractivity contribution is 9.10. The molecule has 0 unspecified atom stereocenters. The van der Waals surface area contributed by atoms with E-state index >= 15 is 0 Å². The van der Waals surface area contributed by atoms with Gasteiger partial charge in [-0.15, -0.1) is 0 Å². The van der Waals surface area contributed by atoms with Crippen molar-refractivity contribution in [3.63, 3.8) is 0 Å². The maximum atomic E-state index is 13.3. The smallest absolute Gasteiger partial charge is 0.323 e. The van der Waals surface area contributed by atoms with E-state index in [1.54, 1.807) is 6.92 Å². The third-order valence-electron chi connectivity index (χ3n) is 2.44. The number of nitro groups is 1. The number of halogens is 2. The maximum absolute atomic E-state index is 13.3. The first kappa shape index (κ1) is 16.0. The lowest BCUT2D eigenvalue weighted by molar-refractivity contribution is -0.385. The van der Waals surface area contributed by atoms with Gasteiger partial charge in [-0.1, -0.05) is 0 Å². The van der Waals surface area contributed by atoms with Gasteiger partial charge in [0.15, 0.2) is 0 Å². The minimum Gasteiger partial charge on any atom is -0.480 e. The molecule has 1 amide bonds. The predicted molar refractivity (Wildman–Crippen MR) is 70.0 cm³/mol. The average Bonchev–Trinajstić information content (AvgIpc) is 2.36. The number of carboxylic acid groups (broad SMARTS) is 1. The molecule has 7 nitrogen and oxygen atoms in total. The molecule has 1 aromatic carbocycles. The van der Waals surface area contributed by atoms with Gasteiger partial charge < -0.3 is 10.0 Å². The first-order valence-corrected chi connectivity index (χ1v) is 6.21.